The molecule has 0 fully saturated rings. The summed E-state index contributed by atoms with van der Waals surface area (Å²) in [6.45, 7) is 2.29. The molecule has 0 saturated heterocycles. The number of hydrogen-bond acceptors (Lipinski definition) is 4. The number of aromatic nitrogens is 3. The van der Waals surface area contributed by atoms with Crippen LogP contribution in [-0.4, -0.2) is 28.3 Å². The van der Waals surface area contributed by atoms with Gasteiger partial charge in [0.25, 0.3) is 0 Å². The average Bonchev–Trinajstić information content (AvgIpc) is 2.72. The van der Waals surface area contributed by atoms with Crippen molar-refractivity contribution in [2.24, 2.45) is 5.73 Å². The van der Waals surface area contributed by atoms with Gasteiger partial charge in [0.2, 0.25) is 0 Å². The Morgan fingerprint density at radius 3 is 3.00 bits per heavy atom. The summed E-state index contributed by atoms with van der Waals surface area (Å²) in [5.41, 5.74) is 6.72. The first kappa shape index (κ1) is 10.1. The highest BCUT2D eigenvalue weighted by molar-refractivity contribution is 5.40. The third-order valence-corrected chi connectivity index (χ3v) is 2.62. The fourth-order valence-corrected chi connectivity index (χ4v) is 1.38. The first-order valence-corrected chi connectivity index (χ1v) is 4.76. The first-order valence-electron chi connectivity index (χ1n) is 4.76. The van der Waals surface area contributed by atoms with Crippen molar-refractivity contribution in [2.75, 3.05) is 13.7 Å². The Kier molecular flexibility index (Phi) is 2.42. The van der Waals surface area contributed by atoms with Crippen LogP contribution in [0.2, 0.25) is 0 Å². The van der Waals surface area contributed by atoms with E-state index >= 15 is 0 Å². The fraction of sp³-hybridized carbons (Fsp3) is 0.400. The van der Waals surface area contributed by atoms with Crippen LogP contribution in [-0.2, 0) is 10.3 Å². The van der Waals surface area contributed by atoms with E-state index in [-0.39, 0.29) is 0 Å². The molecule has 80 valence electrons. The number of rotatable bonds is 3. The maximum Gasteiger partial charge on any atom is 0.155 e. The van der Waals surface area contributed by atoms with Gasteiger partial charge < -0.3 is 10.5 Å². The molecule has 0 aliphatic rings. The molecular formula is C10H14N4O. The van der Waals surface area contributed by atoms with Crippen molar-refractivity contribution in [1.29, 1.82) is 0 Å². The van der Waals surface area contributed by atoms with Crippen LogP contribution in [0.15, 0.2) is 24.5 Å². The molecule has 2 aromatic rings. The lowest BCUT2D eigenvalue weighted by molar-refractivity contribution is 0.00621. The summed E-state index contributed by atoms with van der Waals surface area (Å²) in [5, 5.41) is 4.38. The van der Waals surface area contributed by atoms with Crippen molar-refractivity contribution in [1.82, 2.24) is 14.6 Å². The van der Waals surface area contributed by atoms with E-state index in [1.54, 1.807) is 17.8 Å². The van der Waals surface area contributed by atoms with E-state index in [0.717, 1.165) is 11.3 Å². The number of fused-ring (bicyclic) bond motifs is 1. The Morgan fingerprint density at radius 1 is 1.60 bits per heavy atom. The lowest BCUT2D eigenvalue weighted by Crippen LogP contribution is -2.34. The molecule has 0 bridgehead atoms. The summed E-state index contributed by atoms with van der Waals surface area (Å²) in [5.74, 6) is 0. The molecule has 0 amide bonds. The molecule has 0 spiro atoms. The van der Waals surface area contributed by atoms with E-state index in [1.807, 2.05) is 25.3 Å². The van der Waals surface area contributed by atoms with Crippen molar-refractivity contribution in [3.8, 4) is 0 Å². The van der Waals surface area contributed by atoms with Crippen LogP contribution in [0.3, 0.4) is 0 Å². The van der Waals surface area contributed by atoms with Gasteiger partial charge in [-0.3, -0.25) is 0 Å². The quantitative estimate of drug-likeness (QED) is 0.796. The van der Waals surface area contributed by atoms with Gasteiger partial charge in [0.15, 0.2) is 5.65 Å². The lowest BCUT2D eigenvalue weighted by atomic mass is 10.0. The minimum atomic E-state index is -0.548. The highest BCUT2D eigenvalue weighted by atomic mass is 16.5. The zero-order chi connectivity index (χ0) is 10.9. The van der Waals surface area contributed by atoms with E-state index in [0.29, 0.717) is 6.54 Å². The third-order valence-electron chi connectivity index (χ3n) is 2.62. The molecule has 2 aromatic heterocycles. The van der Waals surface area contributed by atoms with Crippen molar-refractivity contribution >= 4 is 5.65 Å². The smallest absolute Gasteiger partial charge is 0.155 e. The van der Waals surface area contributed by atoms with Crippen LogP contribution in [0.4, 0.5) is 0 Å². The number of nitrogens with two attached hydrogens (primary N) is 1. The maximum absolute atomic E-state index is 5.68. The standard InChI is InChI=1S/C10H14N4O/c1-10(7-11,15-2)8-6-9-12-4-3-5-14(9)13-8/h3-6H,7,11H2,1-2H3. The predicted octanol–water partition coefficient (Wildman–Crippen LogP) is 0.550. The van der Waals surface area contributed by atoms with Gasteiger partial charge in [-0.25, -0.2) is 9.50 Å². The van der Waals surface area contributed by atoms with Crippen LogP contribution >= 0.6 is 0 Å². The van der Waals surface area contributed by atoms with Crippen molar-refractivity contribution < 1.29 is 4.74 Å². The van der Waals surface area contributed by atoms with Crippen LogP contribution in [0, 0.1) is 0 Å². The van der Waals surface area contributed by atoms with Gasteiger partial charge in [0, 0.05) is 32.1 Å². The minimum absolute atomic E-state index is 0.382. The summed E-state index contributed by atoms with van der Waals surface area (Å²) in [7, 11) is 1.63. The Labute approximate surface area is 87.9 Å². The maximum atomic E-state index is 5.68. The van der Waals surface area contributed by atoms with Crippen LogP contribution in [0.5, 0.6) is 0 Å². The van der Waals surface area contributed by atoms with Crippen molar-refractivity contribution in [3.05, 3.63) is 30.2 Å². The van der Waals surface area contributed by atoms with Crippen molar-refractivity contribution in [2.45, 2.75) is 12.5 Å². The van der Waals surface area contributed by atoms with Crippen LogP contribution < -0.4 is 5.73 Å². The van der Waals surface area contributed by atoms with E-state index in [1.165, 1.54) is 0 Å². The number of ether oxygens (including phenoxy) is 1. The summed E-state index contributed by atoms with van der Waals surface area (Å²) in [6.07, 6.45) is 3.58. The molecule has 1 atom stereocenters. The molecule has 5 heteroatoms. The van der Waals surface area contributed by atoms with E-state index in [2.05, 4.69) is 10.1 Å². The minimum Gasteiger partial charge on any atom is -0.371 e. The largest absolute Gasteiger partial charge is 0.371 e. The van der Waals surface area contributed by atoms with Gasteiger partial charge in [0.1, 0.15) is 5.60 Å². The Hall–Kier alpha value is -1.46. The van der Waals surface area contributed by atoms with Crippen molar-refractivity contribution in [3.63, 3.8) is 0 Å². The van der Waals surface area contributed by atoms with E-state index in [9.17, 15) is 0 Å². The molecule has 15 heavy (non-hydrogen) atoms. The molecule has 0 aliphatic heterocycles. The first-order chi connectivity index (χ1) is 7.19. The number of hydrogen-bond donors (Lipinski definition) is 1. The molecule has 0 aromatic carbocycles. The molecule has 0 saturated carbocycles. The zero-order valence-corrected chi connectivity index (χ0v) is 8.84. The van der Waals surface area contributed by atoms with Gasteiger partial charge in [-0.2, -0.15) is 5.10 Å². The topological polar surface area (TPSA) is 65.4 Å². The normalized spacial score (nSPS) is 15.4. The van der Waals surface area contributed by atoms with Gasteiger partial charge >= 0.3 is 0 Å². The van der Waals surface area contributed by atoms with E-state index < -0.39 is 5.60 Å². The number of nitrogens with zero attached hydrogens (tertiary/aromatic N) is 3. The molecule has 5 nitrogen and oxygen atoms in total. The van der Waals surface area contributed by atoms with Crippen LogP contribution in [0.25, 0.3) is 5.65 Å². The molecule has 1 unspecified atom stereocenters. The molecule has 2 N–H and O–H groups in total. The zero-order valence-electron chi connectivity index (χ0n) is 8.84. The second kappa shape index (κ2) is 3.60. The fourth-order valence-electron chi connectivity index (χ4n) is 1.38. The Morgan fingerprint density at radius 2 is 2.40 bits per heavy atom. The summed E-state index contributed by atoms with van der Waals surface area (Å²) >= 11 is 0. The van der Waals surface area contributed by atoms with Gasteiger partial charge in [-0.15, -0.1) is 0 Å². The third kappa shape index (κ3) is 1.60. The highest BCUT2D eigenvalue weighted by Gasteiger charge is 2.27. The second-order valence-corrected chi connectivity index (χ2v) is 3.59. The monoisotopic (exact) mass is 206 g/mol. The van der Waals surface area contributed by atoms with Gasteiger partial charge in [-0.05, 0) is 13.0 Å². The van der Waals surface area contributed by atoms with Gasteiger partial charge in [0.05, 0.1) is 5.69 Å². The Bertz CT molecular complexity index is 428. The SMILES string of the molecule is COC(C)(CN)c1cc2ncccn2n1. The Balaban J connectivity index is 2.52. The molecule has 0 radical (unpaired) electrons. The van der Waals surface area contributed by atoms with Gasteiger partial charge in [-0.1, -0.05) is 0 Å². The second-order valence-electron chi connectivity index (χ2n) is 3.59. The highest BCUT2D eigenvalue weighted by Crippen LogP contribution is 2.22. The average molecular weight is 206 g/mol. The summed E-state index contributed by atoms with van der Waals surface area (Å²) < 4.78 is 7.08. The lowest BCUT2D eigenvalue weighted by Gasteiger charge is -2.23. The predicted molar refractivity (Wildman–Crippen MR) is 56.4 cm³/mol. The number of methoxy groups -OCH3 is 1. The summed E-state index contributed by atoms with van der Waals surface area (Å²) in [4.78, 5) is 4.19. The molecule has 2 rings (SSSR count). The molecule has 2 heterocycles. The van der Waals surface area contributed by atoms with Crippen LogP contribution in [0.1, 0.15) is 12.6 Å². The summed E-state index contributed by atoms with van der Waals surface area (Å²) in [6, 6.07) is 3.72. The van der Waals surface area contributed by atoms with E-state index in [4.69, 9.17) is 10.5 Å². The molecule has 0 aliphatic carbocycles. The molecular weight excluding hydrogens is 192 g/mol.